The predicted molar refractivity (Wildman–Crippen MR) is 77.4 cm³/mol. The van der Waals surface area contributed by atoms with Gasteiger partial charge in [-0.2, -0.15) is 0 Å². The van der Waals surface area contributed by atoms with Gasteiger partial charge in [0.05, 0.1) is 18.8 Å². The maximum Gasteiger partial charge on any atom is 0.0948 e. The molecule has 1 aromatic rings. The minimum Gasteiger partial charge on any atom is -0.389 e. The number of benzene rings is 1. The first-order valence-electron chi connectivity index (χ1n) is 6.94. The zero-order valence-corrected chi connectivity index (χ0v) is 11.7. The summed E-state index contributed by atoms with van der Waals surface area (Å²) in [7, 11) is 0. The summed E-state index contributed by atoms with van der Waals surface area (Å²) in [6, 6.07) is 8.40. The number of hydrogen-bond donors (Lipinski definition) is 2. The number of aliphatic hydroxyl groups is 1. The summed E-state index contributed by atoms with van der Waals surface area (Å²) in [5.41, 5.74) is 8.53. The van der Waals surface area contributed by atoms with E-state index < -0.39 is 6.10 Å². The summed E-state index contributed by atoms with van der Waals surface area (Å²) in [6.07, 6.45) is 0.567. The zero-order chi connectivity index (χ0) is 13.8. The fraction of sp³-hybridized carbons (Fsp3) is 0.600. The first-order valence-corrected chi connectivity index (χ1v) is 6.94. The average molecular weight is 264 g/mol. The number of para-hydroxylation sites is 1. The van der Waals surface area contributed by atoms with E-state index in [9.17, 15) is 5.11 Å². The molecule has 4 heteroatoms. The van der Waals surface area contributed by atoms with Crippen LogP contribution in [-0.2, 0) is 11.2 Å². The second-order valence-electron chi connectivity index (χ2n) is 5.53. The van der Waals surface area contributed by atoms with Gasteiger partial charge in [-0.3, -0.25) is 0 Å². The van der Waals surface area contributed by atoms with E-state index in [-0.39, 0.29) is 12.1 Å². The van der Waals surface area contributed by atoms with E-state index >= 15 is 0 Å². The van der Waals surface area contributed by atoms with Crippen molar-refractivity contribution < 1.29 is 9.84 Å². The van der Waals surface area contributed by atoms with Crippen LogP contribution in [-0.4, -0.2) is 43.1 Å². The minimum atomic E-state index is -0.485. The summed E-state index contributed by atoms with van der Waals surface area (Å²) in [6.45, 7) is 5.66. The summed E-state index contributed by atoms with van der Waals surface area (Å²) in [4.78, 5) is 2.16. The van der Waals surface area contributed by atoms with Crippen molar-refractivity contribution in [3.8, 4) is 0 Å². The molecule has 2 unspecified atom stereocenters. The predicted octanol–water partition coefficient (Wildman–Crippen LogP) is 1.16. The van der Waals surface area contributed by atoms with Gasteiger partial charge in [-0.05, 0) is 31.9 Å². The van der Waals surface area contributed by atoms with Crippen molar-refractivity contribution in [1.82, 2.24) is 0 Å². The minimum absolute atomic E-state index is 0.133. The van der Waals surface area contributed by atoms with E-state index in [1.54, 1.807) is 0 Å². The molecule has 0 saturated carbocycles. The highest BCUT2D eigenvalue weighted by molar-refractivity contribution is 5.56. The molecule has 0 aliphatic carbocycles. The van der Waals surface area contributed by atoms with Gasteiger partial charge in [-0.25, -0.2) is 0 Å². The van der Waals surface area contributed by atoms with Gasteiger partial charge in [0.25, 0.3) is 0 Å². The van der Waals surface area contributed by atoms with Crippen molar-refractivity contribution >= 4 is 5.69 Å². The fourth-order valence-electron chi connectivity index (χ4n) is 2.50. The summed E-state index contributed by atoms with van der Waals surface area (Å²) >= 11 is 0. The highest BCUT2D eigenvalue weighted by Gasteiger charge is 2.23. The molecule has 1 aliphatic heterocycles. The lowest BCUT2D eigenvalue weighted by Crippen LogP contribution is -2.47. The second-order valence-corrected chi connectivity index (χ2v) is 5.53. The average Bonchev–Trinajstić information content (AvgIpc) is 2.36. The zero-order valence-electron chi connectivity index (χ0n) is 11.7. The van der Waals surface area contributed by atoms with Crippen LogP contribution in [0.25, 0.3) is 0 Å². The number of rotatable bonds is 5. The van der Waals surface area contributed by atoms with Gasteiger partial charge in [0.15, 0.2) is 0 Å². The van der Waals surface area contributed by atoms with Crippen molar-refractivity contribution in [2.45, 2.75) is 38.5 Å². The molecule has 2 rings (SSSR count). The molecule has 1 aromatic carbocycles. The molecule has 0 aromatic heterocycles. The van der Waals surface area contributed by atoms with Crippen molar-refractivity contribution in [1.29, 1.82) is 0 Å². The summed E-state index contributed by atoms with van der Waals surface area (Å²) in [5, 5.41) is 10.1. The molecule has 0 saturated heterocycles. The molecule has 4 nitrogen and oxygen atoms in total. The molecule has 106 valence electrons. The van der Waals surface area contributed by atoms with Gasteiger partial charge in [0.1, 0.15) is 0 Å². The van der Waals surface area contributed by atoms with Gasteiger partial charge < -0.3 is 20.5 Å². The first kappa shape index (κ1) is 14.3. The topological polar surface area (TPSA) is 58.7 Å². The first-order chi connectivity index (χ1) is 9.06. The Bertz CT molecular complexity index is 409. The van der Waals surface area contributed by atoms with Crippen LogP contribution in [0.5, 0.6) is 0 Å². The molecule has 0 spiro atoms. The quantitative estimate of drug-likeness (QED) is 0.838. The number of β-amino-alcohol motifs (C(OH)–C–C–N with tert-alkyl or cyclic N) is 1. The van der Waals surface area contributed by atoms with Gasteiger partial charge in [0, 0.05) is 24.8 Å². The van der Waals surface area contributed by atoms with Crippen molar-refractivity contribution in [3.63, 3.8) is 0 Å². The largest absolute Gasteiger partial charge is 0.389 e. The van der Waals surface area contributed by atoms with Crippen LogP contribution < -0.4 is 10.6 Å². The van der Waals surface area contributed by atoms with Crippen molar-refractivity contribution in [3.05, 3.63) is 29.8 Å². The van der Waals surface area contributed by atoms with Gasteiger partial charge >= 0.3 is 0 Å². The molecule has 0 radical (unpaired) electrons. The van der Waals surface area contributed by atoms with E-state index in [1.165, 1.54) is 11.3 Å². The number of fused-ring (bicyclic) bond motifs is 1. The highest BCUT2D eigenvalue weighted by Crippen LogP contribution is 2.26. The molecular formula is C15H24N2O2. The Morgan fingerprint density at radius 3 is 2.89 bits per heavy atom. The van der Waals surface area contributed by atoms with Crippen LogP contribution in [0, 0.1) is 0 Å². The van der Waals surface area contributed by atoms with Gasteiger partial charge in [0.2, 0.25) is 0 Å². The van der Waals surface area contributed by atoms with E-state index in [4.69, 9.17) is 10.5 Å². The lowest BCUT2D eigenvalue weighted by molar-refractivity contribution is 0.00873. The molecular weight excluding hydrogens is 240 g/mol. The molecule has 1 aliphatic rings. The third-order valence-electron chi connectivity index (χ3n) is 3.32. The van der Waals surface area contributed by atoms with E-state index in [0.29, 0.717) is 13.2 Å². The molecule has 19 heavy (non-hydrogen) atoms. The summed E-state index contributed by atoms with van der Waals surface area (Å²) in [5.74, 6) is 0. The van der Waals surface area contributed by atoms with Crippen LogP contribution in [0.1, 0.15) is 19.4 Å². The standard InChI is InChI=1S/C15H24N2O2/c1-11(2)19-10-14(18)9-17-8-13(16)7-12-5-3-4-6-15(12)17/h3-6,11,13-14,18H,7-10,16H2,1-2H3. The lowest BCUT2D eigenvalue weighted by Gasteiger charge is -2.36. The molecule has 3 N–H and O–H groups in total. The highest BCUT2D eigenvalue weighted by atomic mass is 16.5. The Hall–Kier alpha value is -1.10. The monoisotopic (exact) mass is 264 g/mol. The number of aliphatic hydroxyl groups excluding tert-OH is 1. The van der Waals surface area contributed by atoms with Crippen molar-refractivity contribution in [2.24, 2.45) is 5.73 Å². The van der Waals surface area contributed by atoms with Gasteiger partial charge in [-0.1, -0.05) is 18.2 Å². The van der Waals surface area contributed by atoms with E-state index in [2.05, 4.69) is 17.0 Å². The Kier molecular flexibility index (Phi) is 4.80. The fourth-order valence-corrected chi connectivity index (χ4v) is 2.50. The maximum absolute atomic E-state index is 10.1. The normalized spacial score (nSPS) is 20.5. The number of anilines is 1. The molecule has 0 bridgehead atoms. The van der Waals surface area contributed by atoms with Crippen LogP contribution in [0.3, 0.4) is 0 Å². The lowest BCUT2D eigenvalue weighted by atomic mass is 9.98. The maximum atomic E-state index is 10.1. The number of ether oxygens (including phenoxy) is 1. The third-order valence-corrected chi connectivity index (χ3v) is 3.32. The number of nitrogens with zero attached hydrogens (tertiary/aromatic N) is 1. The third kappa shape index (κ3) is 3.93. The van der Waals surface area contributed by atoms with Crippen molar-refractivity contribution in [2.75, 3.05) is 24.6 Å². The number of nitrogens with two attached hydrogens (primary N) is 1. The SMILES string of the molecule is CC(C)OCC(O)CN1CC(N)Cc2ccccc21. The molecule has 1 heterocycles. The van der Waals surface area contributed by atoms with E-state index in [1.807, 2.05) is 26.0 Å². The Morgan fingerprint density at radius 2 is 2.16 bits per heavy atom. The summed E-state index contributed by atoms with van der Waals surface area (Å²) < 4.78 is 5.45. The molecule has 0 amide bonds. The van der Waals surface area contributed by atoms with Crippen LogP contribution >= 0.6 is 0 Å². The Morgan fingerprint density at radius 1 is 1.42 bits per heavy atom. The Balaban J connectivity index is 2.00. The molecule has 0 fully saturated rings. The number of hydrogen-bond acceptors (Lipinski definition) is 4. The second kappa shape index (κ2) is 6.37. The van der Waals surface area contributed by atoms with Crippen LogP contribution in [0.4, 0.5) is 5.69 Å². The smallest absolute Gasteiger partial charge is 0.0948 e. The molecule has 2 atom stereocenters. The Labute approximate surface area is 115 Å². The van der Waals surface area contributed by atoms with Crippen LogP contribution in [0.15, 0.2) is 24.3 Å². The van der Waals surface area contributed by atoms with Crippen LogP contribution in [0.2, 0.25) is 0 Å². The van der Waals surface area contributed by atoms with E-state index in [0.717, 1.165) is 13.0 Å². The van der Waals surface area contributed by atoms with Gasteiger partial charge in [-0.15, -0.1) is 0 Å².